The zero-order valence-electron chi connectivity index (χ0n) is 12.1. The van der Waals surface area contributed by atoms with E-state index in [9.17, 15) is 0 Å². The van der Waals surface area contributed by atoms with E-state index >= 15 is 0 Å². The molecule has 0 bridgehead atoms. The van der Waals surface area contributed by atoms with Crippen LogP contribution in [0.25, 0.3) is 0 Å². The molecule has 0 aliphatic heterocycles. The molecule has 0 saturated carbocycles. The van der Waals surface area contributed by atoms with E-state index in [2.05, 4.69) is 23.1 Å². The lowest BCUT2D eigenvalue weighted by atomic mass is 10.2. The van der Waals surface area contributed by atoms with Crippen LogP contribution in [-0.2, 0) is 0 Å². The third-order valence-electron chi connectivity index (χ3n) is 2.29. The van der Waals surface area contributed by atoms with Crippen LogP contribution in [0, 0.1) is 0 Å². The van der Waals surface area contributed by atoms with E-state index in [0.717, 1.165) is 11.5 Å². The van der Waals surface area contributed by atoms with Gasteiger partial charge < -0.3 is 11.5 Å². The molecule has 0 radical (unpaired) electrons. The standard InChI is InChI=1S/C14H26N4S2/c1-3-9-17-13(15)19-11-7-5-6-8-12-20-14(16)18-10-4-2/h3-4H,1-2,5-12H2,(H2,15,17)(H2,16,18). The van der Waals surface area contributed by atoms with Crippen molar-refractivity contribution in [2.45, 2.75) is 25.7 Å². The van der Waals surface area contributed by atoms with Gasteiger partial charge >= 0.3 is 0 Å². The molecule has 0 aromatic carbocycles. The molecule has 4 N–H and O–H groups in total. The highest BCUT2D eigenvalue weighted by molar-refractivity contribution is 8.14. The molecule has 0 aliphatic carbocycles. The van der Waals surface area contributed by atoms with E-state index in [1.165, 1.54) is 25.7 Å². The molecule has 114 valence electrons. The predicted molar refractivity (Wildman–Crippen MR) is 96.8 cm³/mol. The molecule has 0 aromatic rings. The summed E-state index contributed by atoms with van der Waals surface area (Å²) in [5.41, 5.74) is 11.4. The molecule has 0 fully saturated rings. The minimum atomic E-state index is 0.602. The van der Waals surface area contributed by atoms with Gasteiger partial charge in [0.2, 0.25) is 0 Å². The minimum absolute atomic E-state index is 0.602. The van der Waals surface area contributed by atoms with Crippen molar-refractivity contribution < 1.29 is 0 Å². The quantitative estimate of drug-likeness (QED) is 0.266. The third kappa shape index (κ3) is 13.5. The first kappa shape index (κ1) is 19.1. The minimum Gasteiger partial charge on any atom is -0.379 e. The Labute approximate surface area is 131 Å². The molecule has 0 aromatic heterocycles. The normalized spacial score (nSPS) is 12.4. The summed E-state index contributed by atoms with van der Waals surface area (Å²) in [6.45, 7) is 8.41. The summed E-state index contributed by atoms with van der Waals surface area (Å²) < 4.78 is 0. The van der Waals surface area contributed by atoms with E-state index in [1.54, 1.807) is 35.7 Å². The van der Waals surface area contributed by atoms with Crippen molar-refractivity contribution in [2.75, 3.05) is 24.6 Å². The van der Waals surface area contributed by atoms with Crippen LogP contribution in [-0.4, -0.2) is 34.9 Å². The maximum Gasteiger partial charge on any atom is 0.154 e. The van der Waals surface area contributed by atoms with Crippen molar-refractivity contribution in [1.29, 1.82) is 0 Å². The van der Waals surface area contributed by atoms with Gasteiger partial charge in [0, 0.05) is 11.5 Å². The van der Waals surface area contributed by atoms with Gasteiger partial charge in [0.25, 0.3) is 0 Å². The number of hydrogen-bond donors (Lipinski definition) is 2. The van der Waals surface area contributed by atoms with Gasteiger partial charge in [0.1, 0.15) is 0 Å². The second-order valence-electron chi connectivity index (χ2n) is 4.05. The number of rotatable bonds is 11. The van der Waals surface area contributed by atoms with Crippen molar-refractivity contribution in [3.63, 3.8) is 0 Å². The Balaban J connectivity index is 3.36. The van der Waals surface area contributed by atoms with Gasteiger partial charge in [-0.1, -0.05) is 48.5 Å². The summed E-state index contributed by atoms with van der Waals surface area (Å²) in [4.78, 5) is 8.27. The van der Waals surface area contributed by atoms with Crippen molar-refractivity contribution in [2.24, 2.45) is 21.5 Å². The molecular formula is C14H26N4S2. The van der Waals surface area contributed by atoms with E-state index in [1.807, 2.05) is 0 Å². The van der Waals surface area contributed by atoms with Gasteiger partial charge in [-0.15, -0.1) is 13.2 Å². The van der Waals surface area contributed by atoms with Gasteiger partial charge in [-0.2, -0.15) is 0 Å². The molecule has 0 spiro atoms. The lowest BCUT2D eigenvalue weighted by Gasteiger charge is -2.02. The summed E-state index contributed by atoms with van der Waals surface area (Å²) in [5, 5.41) is 1.32. The van der Waals surface area contributed by atoms with E-state index < -0.39 is 0 Å². The van der Waals surface area contributed by atoms with Crippen LogP contribution in [0.15, 0.2) is 35.3 Å². The summed E-state index contributed by atoms with van der Waals surface area (Å²) in [6.07, 6.45) is 8.25. The van der Waals surface area contributed by atoms with Gasteiger partial charge in [-0.25, -0.2) is 0 Å². The predicted octanol–water partition coefficient (Wildman–Crippen LogP) is 3.01. The molecule has 0 saturated heterocycles. The van der Waals surface area contributed by atoms with Gasteiger partial charge in [-0.05, 0) is 12.8 Å². The zero-order valence-corrected chi connectivity index (χ0v) is 13.7. The number of aliphatic imine (C=N–C) groups is 2. The fraction of sp³-hybridized carbons (Fsp3) is 0.571. The van der Waals surface area contributed by atoms with Crippen LogP contribution in [0.1, 0.15) is 25.7 Å². The Bertz CT molecular complexity index is 295. The monoisotopic (exact) mass is 314 g/mol. The van der Waals surface area contributed by atoms with Crippen LogP contribution in [0.3, 0.4) is 0 Å². The van der Waals surface area contributed by atoms with E-state index in [0.29, 0.717) is 23.4 Å². The molecule has 0 unspecified atom stereocenters. The number of nitrogens with zero attached hydrogens (tertiary/aromatic N) is 2. The molecule has 0 atom stereocenters. The molecule has 20 heavy (non-hydrogen) atoms. The summed E-state index contributed by atoms with van der Waals surface area (Å²) in [7, 11) is 0. The second-order valence-corrected chi connectivity index (χ2v) is 6.28. The van der Waals surface area contributed by atoms with Crippen LogP contribution in [0.4, 0.5) is 0 Å². The SMILES string of the molecule is C=CCN=C(N)SCCCCCCSC(N)=NCC=C. The zero-order chi connectivity index (χ0) is 15.1. The topological polar surface area (TPSA) is 76.8 Å². The molecular weight excluding hydrogens is 288 g/mol. The van der Waals surface area contributed by atoms with Crippen molar-refractivity contribution >= 4 is 33.9 Å². The summed E-state index contributed by atoms with van der Waals surface area (Å²) >= 11 is 3.24. The Morgan fingerprint density at radius 3 is 1.55 bits per heavy atom. The van der Waals surface area contributed by atoms with Crippen LogP contribution < -0.4 is 11.5 Å². The number of thioether (sulfide) groups is 2. The number of hydrogen-bond acceptors (Lipinski definition) is 4. The van der Waals surface area contributed by atoms with Gasteiger partial charge in [0.05, 0.1) is 13.1 Å². The van der Waals surface area contributed by atoms with E-state index in [-0.39, 0.29) is 0 Å². The molecule has 6 heteroatoms. The lowest BCUT2D eigenvalue weighted by Crippen LogP contribution is -2.08. The Morgan fingerprint density at radius 1 is 0.800 bits per heavy atom. The van der Waals surface area contributed by atoms with Crippen LogP contribution in [0.5, 0.6) is 0 Å². The van der Waals surface area contributed by atoms with Crippen molar-refractivity contribution in [1.82, 2.24) is 0 Å². The molecule has 0 aliphatic rings. The highest BCUT2D eigenvalue weighted by Gasteiger charge is 1.96. The summed E-state index contributed by atoms with van der Waals surface area (Å²) in [6, 6.07) is 0. The summed E-state index contributed by atoms with van der Waals surface area (Å²) in [5.74, 6) is 2.06. The van der Waals surface area contributed by atoms with Gasteiger partial charge in [-0.3, -0.25) is 9.98 Å². The highest BCUT2D eigenvalue weighted by atomic mass is 32.2. The average Bonchev–Trinajstić information content (AvgIpc) is 2.45. The molecule has 0 heterocycles. The number of amidine groups is 2. The second kappa shape index (κ2) is 14.5. The lowest BCUT2D eigenvalue weighted by molar-refractivity contribution is 0.712. The third-order valence-corrected chi connectivity index (χ3v) is 4.13. The smallest absolute Gasteiger partial charge is 0.154 e. The molecule has 4 nitrogen and oxygen atoms in total. The Morgan fingerprint density at radius 2 is 1.20 bits per heavy atom. The maximum absolute atomic E-state index is 5.72. The van der Waals surface area contributed by atoms with Crippen molar-refractivity contribution in [3.05, 3.63) is 25.3 Å². The van der Waals surface area contributed by atoms with Gasteiger partial charge in [0.15, 0.2) is 10.3 Å². The Hall–Kier alpha value is -0.880. The number of nitrogens with two attached hydrogens (primary N) is 2. The average molecular weight is 315 g/mol. The first-order chi connectivity index (χ1) is 9.70. The van der Waals surface area contributed by atoms with Crippen LogP contribution >= 0.6 is 23.5 Å². The van der Waals surface area contributed by atoms with Crippen LogP contribution in [0.2, 0.25) is 0 Å². The molecule has 0 rings (SSSR count). The molecule has 0 amide bonds. The fourth-order valence-electron chi connectivity index (χ4n) is 1.31. The largest absolute Gasteiger partial charge is 0.379 e. The maximum atomic E-state index is 5.72. The highest BCUT2D eigenvalue weighted by Crippen LogP contribution is 2.10. The fourth-order valence-corrected chi connectivity index (χ4v) is 2.76. The van der Waals surface area contributed by atoms with Crippen molar-refractivity contribution in [3.8, 4) is 0 Å². The number of unbranched alkanes of at least 4 members (excludes halogenated alkanes) is 3. The van der Waals surface area contributed by atoms with E-state index in [4.69, 9.17) is 11.5 Å². The first-order valence-corrected chi connectivity index (χ1v) is 8.75. The Kier molecular flexibility index (Phi) is 13.9. The first-order valence-electron chi connectivity index (χ1n) is 6.78.